The maximum absolute atomic E-state index is 12.4. The lowest BCUT2D eigenvalue weighted by molar-refractivity contribution is -0.133. The van der Waals surface area contributed by atoms with Crippen molar-refractivity contribution in [3.63, 3.8) is 0 Å². The van der Waals surface area contributed by atoms with Gasteiger partial charge in [-0.1, -0.05) is 17.7 Å². The van der Waals surface area contributed by atoms with Crippen molar-refractivity contribution in [1.29, 1.82) is 0 Å². The van der Waals surface area contributed by atoms with Gasteiger partial charge in [-0.25, -0.2) is 4.98 Å². The van der Waals surface area contributed by atoms with Crippen LogP contribution in [0, 0.1) is 6.92 Å². The van der Waals surface area contributed by atoms with Crippen LogP contribution in [0.4, 0.5) is 5.13 Å². The molecule has 1 aromatic heterocycles. The van der Waals surface area contributed by atoms with Gasteiger partial charge in [-0.15, -0.1) is 11.3 Å². The van der Waals surface area contributed by atoms with Crippen LogP contribution in [0.25, 0.3) is 0 Å². The number of carbonyl (C=O) groups is 1. The normalized spacial score (nSPS) is 14.0. The van der Waals surface area contributed by atoms with Crippen LogP contribution in [-0.4, -0.2) is 48.6 Å². The van der Waals surface area contributed by atoms with E-state index < -0.39 is 0 Å². The monoisotopic (exact) mass is 409 g/mol. The number of aromatic nitrogens is 1. The molecule has 0 bridgehead atoms. The molecule has 1 amide bonds. The molecule has 0 radical (unpaired) electrons. The third-order valence-electron chi connectivity index (χ3n) is 4.76. The molecule has 3 aromatic rings. The van der Waals surface area contributed by atoms with E-state index in [0.717, 1.165) is 29.7 Å². The first-order chi connectivity index (χ1) is 14.2. The number of ether oxygens (including phenoxy) is 2. The van der Waals surface area contributed by atoms with Gasteiger partial charge in [0, 0.05) is 37.8 Å². The van der Waals surface area contributed by atoms with Crippen LogP contribution in [-0.2, 0) is 4.79 Å². The van der Waals surface area contributed by atoms with E-state index in [2.05, 4.69) is 9.88 Å². The Morgan fingerprint density at radius 2 is 1.59 bits per heavy atom. The summed E-state index contributed by atoms with van der Waals surface area (Å²) in [6.45, 7) is 5.04. The number of rotatable bonds is 6. The smallest absolute Gasteiger partial charge is 0.260 e. The molecule has 4 rings (SSSR count). The molecule has 1 fully saturated rings. The molecule has 0 saturated carbocycles. The summed E-state index contributed by atoms with van der Waals surface area (Å²) in [5.74, 6) is 2.17. The molecule has 0 spiro atoms. The number of aryl methyl sites for hydroxylation is 1. The summed E-state index contributed by atoms with van der Waals surface area (Å²) < 4.78 is 11.5. The van der Waals surface area contributed by atoms with Gasteiger partial charge in [0.05, 0.1) is 0 Å². The zero-order valence-corrected chi connectivity index (χ0v) is 17.1. The SMILES string of the molecule is Cc1ccc(Oc2ccc(OCC(=O)N3CCN(c4nccs4)CC3)cc2)cc1. The van der Waals surface area contributed by atoms with Crippen LogP contribution >= 0.6 is 11.3 Å². The molecule has 1 aliphatic heterocycles. The van der Waals surface area contributed by atoms with Gasteiger partial charge in [-0.2, -0.15) is 0 Å². The van der Waals surface area contributed by atoms with Gasteiger partial charge < -0.3 is 19.3 Å². The zero-order chi connectivity index (χ0) is 20.1. The molecule has 2 heterocycles. The Hall–Kier alpha value is -3.06. The fourth-order valence-corrected chi connectivity index (χ4v) is 3.80. The number of hydrogen-bond acceptors (Lipinski definition) is 6. The van der Waals surface area contributed by atoms with Crippen LogP contribution in [0.15, 0.2) is 60.1 Å². The lowest BCUT2D eigenvalue weighted by Gasteiger charge is -2.34. The van der Waals surface area contributed by atoms with Gasteiger partial charge in [0.1, 0.15) is 17.2 Å². The molecule has 29 heavy (non-hydrogen) atoms. The molecule has 150 valence electrons. The largest absolute Gasteiger partial charge is 0.484 e. The van der Waals surface area contributed by atoms with Crippen LogP contribution in [0.5, 0.6) is 17.2 Å². The predicted octanol–water partition coefficient (Wildman–Crippen LogP) is 3.97. The van der Waals surface area contributed by atoms with Crippen molar-refractivity contribution in [3.8, 4) is 17.2 Å². The van der Waals surface area contributed by atoms with Gasteiger partial charge in [0.15, 0.2) is 11.7 Å². The maximum Gasteiger partial charge on any atom is 0.260 e. The molecular formula is C22H23N3O3S. The summed E-state index contributed by atoms with van der Waals surface area (Å²) in [5.41, 5.74) is 1.19. The minimum atomic E-state index is 0.00349. The second kappa shape index (κ2) is 8.96. The molecule has 0 aliphatic carbocycles. The predicted molar refractivity (Wildman–Crippen MR) is 114 cm³/mol. The summed E-state index contributed by atoms with van der Waals surface area (Å²) in [4.78, 5) is 20.8. The van der Waals surface area contributed by atoms with E-state index in [9.17, 15) is 4.79 Å². The number of hydrogen-bond donors (Lipinski definition) is 0. The van der Waals surface area contributed by atoms with Gasteiger partial charge in [0.2, 0.25) is 0 Å². The number of anilines is 1. The van der Waals surface area contributed by atoms with Gasteiger partial charge >= 0.3 is 0 Å². The molecule has 0 N–H and O–H groups in total. The van der Waals surface area contributed by atoms with E-state index in [1.165, 1.54) is 5.56 Å². The molecule has 7 heteroatoms. The number of piperazine rings is 1. The van der Waals surface area contributed by atoms with E-state index in [-0.39, 0.29) is 12.5 Å². The third-order valence-corrected chi connectivity index (χ3v) is 5.60. The van der Waals surface area contributed by atoms with Crippen molar-refractivity contribution in [2.45, 2.75) is 6.92 Å². The number of amides is 1. The first kappa shape index (κ1) is 19.3. The highest BCUT2D eigenvalue weighted by molar-refractivity contribution is 7.13. The highest BCUT2D eigenvalue weighted by atomic mass is 32.1. The number of benzene rings is 2. The van der Waals surface area contributed by atoms with Crippen molar-refractivity contribution in [3.05, 3.63) is 65.7 Å². The van der Waals surface area contributed by atoms with E-state index in [1.807, 2.05) is 71.9 Å². The Morgan fingerprint density at radius 1 is 0.966 bits per heavy atom. The number of nitrogens with zero attached hydrogens (tertiary/aromatic N) is 3. The minimum absolute atomic E-state index is 0.00349. The van der Waals surface area contributed by atoms with Crippen LogP contribution in [0.3, 0.4) is 0 Å². The van der Waals surface area contributed by atoms with E-state index in [1.54, 1.807) is 11.3 Å². The van der Waals surface area contributed by atoms with Gasteiger partial charge in [-0.05, 0) is 43.3 Å². The first-order valence-corrected chi connectivity index (χ1v) is 10.4. The lowest BCUT2D eigenvalue weighted by atomic mass is 10.2. The fourth-order valence-electron chi connectivity index (χ4n) is 3.10. The van der Waals surface area contributed by atoms with E-state index in [4.69, 9.17) is 9.47 Å². The quantitative estimate of drug-likeness (QED) is 0.617. The van der Waals surface area contributed by atoms with Crippen molar-refractivity contribution >= 4 is 22.4 Å². The average molecular weight is 410 g/mol. The summed E-state index contributed by atoms with van der Waals surface area (Å²) in [6.07, 6.45) is 1.81. The topological polar surface area (TPSA) is 54.9 Å². The molecule has 0 atom stereocenters. The number of thiazole rings is 1. The van der Waals surface area contributed by atoms with Crippen LogP contribution in [0.1, 0.15) is 5.56 Å². The standard InChI is InChI=1S/C22H23N3O3S/c1-17-2-4-19(5-3-17)28-20-8-6-18(7-9-20)27-16-21(26)24-11-13-25(14-12-24)22-23-10-15-29-22/h2-10,15H,11-14,16H2,1H3. The second-order valence-corrected chi connectivity index (χ2v) is 7.73. The van der Waals surface area contributed by atoms with E-state index in [0.29, 0.717) is 18.8 Å². The van der Waals surface area contributed by atoms with Crippen molar-refractivity contribution in [1.82, 2.24) is 9.88 Å². The summed E-state index contributed by atoms with van der Waals surface area (Å²) in [5, 5.41) is 2.99. The third kappa shape index (κ3) is 5.06. The van der Waals surface area contributed by atoms with Crippen molar-refractivity contribution < 1.29 is 14.3 Å². The van der Waals surface area contributed by atoms with Crippen LogP contribution < -0.4 is 14.4 Å². The molecular weight excluding hydrogens is 386 g/mol. The zero-order valence-electron chi connectivity index (χ0n) is 16.3. The summed E-state index contributed by atoms with van der Waals surface area (Å²) >= 11 is 1.63. The van der Waals surface area contributed by atoms with Gasteiger partial charge in [-0.3, -0.25) is 4.79 Å². The Balaban J connectivity index is 1.23. The number of carbonyl (C=O) groups excluding carboxylic acids is 1. The Morgan fingerprint density at radius 3 is 2.21 bits per heavy atom. The van der Waals surface area contributed by atoms with E-state index >= 15 is 0 Å². The molecule has 0 unspecified atom stereocenters. The fraction of sp³-hybridized carbons (Fsp3) is 0.273. The molecule has 2 aromatic carbocycles. The highest BCUT2D eigenvalue weighted by Crippen LogP contribution is 2.24. The van der Waals surface area contributed by atoms with Crippen molar-refractivity contribution in [2.75, 3.05) is 37.7 Å². The Labute approximate surface area is 174 Å². The molecule has 1 aliphatic rings. The average Bonchev–Trinajstić information content (AvgIpc) is 3.30. The summed E-state index contributed by atoms with van der Waals surface area (Å²) in [7, 11) is 0. The maximum atomic E-state index is 12.4. The van der Waals surface area contributed by atoms with Crippen LogP contribution in [0.2, 0.25) is 0 Å². The lowest BCUT2D eigenvalue weighted by Crippen LogP contribution is -2.50. The molecule has 6 nitrogen and oxygen atoms in total. The Kier molecular flexibility index (Phi) is 5.95. The highest BCUT2D eigenvalue weighted by Gasteiger charge is 2.22. The Bertz CT molecular complexity index is 919. The molecule has 1 saturated heterocycles. The second-order valence-electron chi connectivity index (χ2n) is 6.86. The van der Waals surface area contributed by atoms with Gasteiger partial charge in [0.25, 0.3) is 5.91 Å². The summed E-state index contributed by atoms with van der Waals surface area (Å²) in [6, 6.07) is 15.2. The van der Waals surface area contributed by atoms with Crippen molar-refractivity contribution in [2.24, 2.45) is 0 Å². The minimum Gasteiger partial charge on any atom is -0.484 e. The first-order valence-electron chi connectivity index (χ1n) is 9.57.